The van der Waals surface area contributed by atoms with Gasteiger partial charge in [-0.05, 0) is 78.6 Å². The molecule has 1 amide bonds. The molecule has 0 aromatic heterocycles. The van der Waals surface area contributed by atoms with Gasteiger partial charge in [-0.1, -0.05) is 18.2 Å². The lowest BCUT2D eigenvalue weighted by molar-refractivity contribution is 0.102. The number of morpholine rings is 1. The second-order valence-corrected chi connectivity index (χ2v) is 7.71. The maximum absolute atomic E-state index is 12.9. The first-order valence-electron chi connectivity index (χ1n) is 10.2. The number of carbonyl (C=O) groups is 1. The summed E-state index contributed by atoms with van der Waals surface area (Å²) in [5, 5.41) is 3.03. The van der Waals surface area contributed by atoms with Crippen molar-refractivity contribution in [3.8, 4) is 11.1 Å². The molecule has 0 saturated carbocycles. The van der Waals surface area contributed by atoms with Crippen LogP contribution < -0.4 is 16.0 Å². The summed E-state index contributed by atoms with van der Waals surface area (Å²) < 4.78 is 5.44. The van der Waals surface area contributed by atoms with E-state index in [-0.39, 0.29) is 5.91 Å². The minimum atomic E-state index is -0.120. The Balaban J connectivity index is 1.53. The fourth-order valence-corrected chi connectivity index (χ4v) is 3.83. The van der Waals surface area contributed by atoms with Gasteiger partial charge in [0.1, 0.15) is 0 Å². The Hall–Kier alpha value is -3.31. The number of nitrogens with zero attached hydrogens (tertiary/aromatic N) is 1. The van der Waals surface area contributed by atoms with Crippen molar-refractivity contribution in [2.75, 3.05) is 42.3 Å². The average Bonchev–Trinajstić information content (AvgIpc) is 2.75. The monoisotopic (exact) mass is 401 g/mol. The van der Waals surface area contributed by atoms with Crippen LogP contribution in [-0.4, -0.2) is 32.2 Å². The van der Waals surface area contributed by atoms with Crippen molar-refractivity contribution in [2.24, 2.45) is 0 Å². The molecule has 3 aromatic carbocycles. The van der Waals surface area contributed by atoms with Crippen LogP contribution in [0.3, 0.4) is 0 Å². The highest BCUT2D eigenvalue weighted by atomic mass is 16.5. The second kappa shape index (κ2) is 8.59. The van der Waals surface area contributed by atoms with E-state index >= 15 is 0 Å². The summed E-state index contributed by atoms with van der Waals surface area (Å²) in [6.45, 7) is 7.41. The van der Waals surface area contributed by atoms with E-state index in [1.165, 1.54) is 5.69 Å². The molecule has 1 heterocycles. The number of amides is 1. The Morgan fingerprint density at radius 1 is 0.933 bits per heavy atom. The molecule has 3 N–H and O–H groups in total. The number of hydrogen-bond donors (Lipinski definition) is 2. The van der Waals surface area contributed by atoms with Crippen molar-refractivity contribution in [3.05, 3.63) is 77.4 Å². The molecule has 1 aliphatic heterocycles. The first-order chi connectivity index (χ1) is 14.5. The summed E-state index contributed by atoms with van der Waals surface area (Å²) in [4.78, 5) is 15.2. The van der Waals surface area contributed by atoms with Crippen LogP contribution in [-0.2, 0) is 4.74 Å². The van der Waals surface area contributed by atoms with Crippen LogP contribution in [0.1, 0.15) is 21.5 Å². The number of nitrogen functional groups attached to an aromatic ring is 1. The van der Waals surface area contributed by atoms with Gasteiger partial charge in [-0.15, -0.1) is 0 Å². The number of nitrogens with one attached hydrogen (secondary N) is 1. The van der Waals surface area contributed by atoms with Gasteiger partial charge in [0.05, 0.1) is 13.2 Å². The Morgan fingerprint density at radius 3 is 2.37 bits per heavy atom. The van der Waals surface area contributed by atoms with Crippen LogP contribution in [0.15, 0.2) is 60.7 Å². The predicted octanol–water partition coefficient (Wildman–Crippen LogP) is 4.64. The fraction of sp³-hybridized carbons (Fsp3) is 0.240. The highest BCUT2D eigenvalue weighted by molar-refractivity contribution is 6.05. The minimum absolute atomic E-state index is 0.120. The van der Waals surface area contributed by atoms with Gasteiger partial charge in [-0.2, -0.15) is 0 Å². The number of carbonyl (C=O) groups excluding carboxylic acids is 1. The summed E-state index contributed by atoms with van der Waals surface area (Å²) >= 11 is 0. The summed E-state index contributed by atoms with van der Waals surface area (Å²) in [6.07, 6.45) is 0. The third kappa shape index (κ3) is 4.31. The van der Waals surface area contributed by atoms with Gasteiger partial charge < -0.3 is 20.7 Å². The van der Waals surface area contributed by atoms with E-state index in [4.69, 9.17) is 10.5 Å². The number of benzene rings is 3. The van der Waals surface area contributed by atoms with E-state index < -0.39 is 0 Å². The molecule has 3 aromatic rings. The van der Waals surface area contributed by atoms with E-state index in [1.807, 2.05) is 61.5 Å². The molecule has 0 atom stereocenters. The molecule has 5 heteroatoms. The average molecular weight is 402 g/mol. The van der Waals surface area contributed by atoms with Gasteiger partial charge in [0.25, 0.3) is 5.91 Å². The zero-order valence-corrected chi connectivity index (χ0v) is 17.4. The van der Waals surface area contributed by atoms with Gasteiger partial charge in [0, 0.05) is 35.7 Å². The highest BCUT2D eigenvalue weighted by Crippen LogP contribution is 2.27. The summed E-state index contributed by atoms with van der Waals surface area (Å²) in [5.41, 5.74) is 13.5. The number of rotatable bonds is 4. The molecule has 1 saturated heterocycles. The summed E-state index contributed by atoms with van der Waals surface area (Å²) in [6, 6.07) is 19.5. The minimum Gasteiger partial charge on any atom is -0.399 e. The molecule has 0 radical (unpaired) electrons. The van der Waals surface area contributed by atoms with Crippen LogP contribution in [0.2, 0.25) is 0 Å². The molecule has 0 unspecified atom stereocenters. The van der Waals surface area contributed by atoms with E-state index in [1.54, 1.807) is 0 Å². The number of nitrogens with two attached hydrogens (primary N) is 1. The standard InChI is InChI=1S/C25H27N3O2/c1-17-3-4-20(16-23(17)19-5-7-21(26)8-6-19)25(29)27-22-9-10-24(18(2)15-22)28-11-13-30-14-12-28/h3-10,15-16H,11-14,26H2,1-2H3,(H,27,29). The van der Waals surface area contributed by atoms with Crippen molar-refractivity contribution in [1.29, 1.82) is 0 Å². The summed E-state index contributed by atoms with van der Waals surface area (Å²) in [7, 11) is 0. The van der Waals surface area contributed by atoms with Crippen molar-refractivity contribution in [1.82, 2.24) is 0 Å². The predicted molar refractivity (Wildman–Crippen MR) is 123 cm³/mol. The van der Waals surface area contributed by atoms with Crippen LogP contribution >= 0.6 is 0 Å². The molecule has 0 aliphatic carbocycles. The third-order valence-corrected chi connectivity index (χ3v) is 5.53. The van der Waals surface area contributed by atoms with Gasteiger partial charge in [0.2, 0.25) is 0 Å². The van der Waals surface area contributed by atoms with Crippen molar-refractivity contribution < 1.29 is 9.53 Å². The number of hydrogen-bond acceptors (Lipinski definition) is 4. The maximum atomic E-state index is 12.9. The molecule has 5 nitrogen and oxygen atoms in total. The second-order valence-electron chi connectivity index (χ2n) is 7.71. The Labute approximate surface area is 177 Å². The van der Waals surface area contributed by atoms with Crippen LogP contribution in [0.25, 0.3) is 11.1 Å². The van der Waals surface area contributed by atoms with E-state index in [9.17, 15) is 4.79 Å². The molecular weight excluding hydrogens is 374 g/mol. The normalized spacial score (nSPS) is 13.9. The van der Waals surface area contributed by atoms with Gasteiger partial charge >= 0.3 is 0 Å². The number of anilines is 3. The zero-order chi connectivity index (χ0) is 21.1. The summed E-state index contributed by atoms with van der Waals surface area (Å²) in [5.74, 6) is -0.120. The topological polar surface area (TPSA) is 67.6 Å². The van der Waals surface area contributed by atoms with Crippen LogP contribution in [0.4, 0.5) is 17.1 Å². The largest absolute Gasteiger partial charge is 0.399 e. The maximum Gasteiger partial charge on any atom is 0.255 e. The van der Waals surface area contributed by atoms with E-state index in [0.29, 0.717) is 5.56 Å². The first kappa shape index (κ1) is 20.0. The Kier molecular flexibility index (Phi) is 5.72. The van der Waals surface area contributed by atoms with Gasteiger partial charge in [-0.25, -0.2) is 0 Å². The van der Waals surface area contributed by atoms with Gasteiger partial charge in [-0.3, -0.25) is 4.79 Å². The van der Waals surface area contributed by atoms with E-state index in [0.717, 1.165) is 59.9 Å². The molecule has 0 spiro atoms. The molecule has 1 fully saturated rings. The Morgan fingerprint density at radius 2 is 1.67 bits per heavy atom. The molecule has 154 valence electrons. The lowest BCUT2D eigenvalue weighted by Gasteiger charge is -2.30. The van der Waals surface area contributed by atoms with Crippen LogP contribution in [0, 0.1) is 13.8 Å². The van der Waals surface area contributed by atoms with Gasteiger partial charge in [0.15, 0.2) is 0 Å². The quantitative estimate of drug-likeness (QED) is 0.625. The Bertz CT molecular complexity index is 1050. The number of aryl methyl sites for hydroxylation is 2. The zero-order valence-electron chi connectivity index (χ0n) is 17.4. The molecule has 30 heavy (non-hydrogen) atoms. The third-order valence-electron chi connectivity index (χ3n) is 5.53. The molecule has 1 aliphatic rings. The number of ether oxygens (including phenoxy) is 1. The first-order valence-corrected chi connectivity index (χ1v) is 10.2. The lowest BCUT2D eigenvalue weighted by Crippen LogP contribution is -2.36. The van der Waals surface area contributed by atoms with Crippen molar-refractivity contribution >= 4 is 23.0 Å². The van der Waals surface area contributed by atoms with Crippen molar-refractivity contribution in [2.45, 2.75) is 13.8 Å². The lowest BCUT2D eigenvalue weighted by atomic mass is 9.97. The molecular formula is C25H27N3O2. The molecule has 4 rings (SSSR count). The highest BCUT2D eigenvalue weighted by Gasteiger charge is 2.15. The van der Waals surface area contributed by atoms with E-state index in [2.05, 4.69) is 23.2 Å². The fourth-order valence-electron chi connectivity index (χ4n) is 3.83. The molecule has 0 bridgehead atoms. The SMILES string of the molecule is Cc1ccc(C(=O)Nc2ccc(N3CCOCC3)c(C)c2)cc1-c1ccc(N)cc1. The smallest absolute Gasteiger partial charge is 0.255 e. The van der Waals surface area contributed by atoms with Crippen molar-refractivity contribution in [3.63, 3.8) is 0 Å². The van der Waals surface area contributed by atoms with Crippen LogP contribution in [0.5, 0.6) is 0 Å².